The van der Waals surface area contributed by atoms with E-state index in [1.165, 1.54) is 12.1 Å². The Labute approximate surface area is 136 Å². The molecular formula is C18H24FNO3. The van der Waals surface area contributed by atoms with Gasteiger partial charge in [0.25, 0.3) is 0 Å². The molecule has 2 aliphatic rings. The Bertz CT molecular complexity index is 534. The van der Waals surface area contributed by atoms with Crippen molar-refractivity contribution in [2.45, 2.75) is 37.8 Å². The number of rotatable bonds is 7. The summed E-state index contributed by atoms with van der Waals surface area (Å²) in [7, 11) is 1.68. The summed E-state index contributed by atoms with van der Waals surface area (Å²) in [5, 5.41) is 3.16. The summed E-state index contributed by atoms with van der Waals surface area (Å²) in [5.41, 5.74) is 1.06. The van der Waals surface area contributed by atoms with Crippen molar-refractivity contribution in [2.24, 2.45) is 11.8 Å². The Morgan fingerprint density at radius 2 is 2.17 bits per heavy atom. The lowest BCUT2D eigenvalue weighted by Crippen LogP contribution is -2.62. The molecule has 1 aromatic rings. The molecule has 1 aliphatic carbocycles. The fraction of sp³-hybridized carbons (Fsp3) is 0.611. The number of aryl methyl sites for hydroxylation is 1. The van der Waals surface area contributed by atoms with Gasteiger partial charge < -0.3 is 14.8 Å². The van der Waals surface area contributed by atoms with Crippen molar-refractivity contribution in [3.63, 3.8) is 0 Å². The average molecular weight is 321 g/mol. The molecule has 2 fully saturated rings. The second-order valence-electron chi connectivity index (χ2n) is 6.48. The first-order valence-corrected chi connectivity index (χ1v) is 8.33. The van der Waals surface area contributed by atoms with Gasteiger partial charge in [-0.25, -0.2) is 4.39 Å². The van der Waals surface area contributed by atoms with E-state index < -0.39 is 0 Å². The standard InChI is InChI=1S/C18H24FNO3/c1-22-11-15-17(14-9-10-23-18(14)15)20-16(21)4-2-3-12-5-7-13(19)8-6-12/h5-8,14-15,17-18H,2-4,9-11H2,1H3,(H,20,21)/t14-,15+,17-,18-/m1/s1. The first-order chi connectivity index (χ1) is 11.2. The van der Waals surface area contributed by atoms with Gasteiger partial charge in [0.2, 0.25) is 5.91 Å². The molecule has 0 unspecified atom stereocenters. The number of amides is 1. The van der Waals surface area contributed by atoms with Crippen molar-refractivity contribution in [1.82, 2.24) is 5.32 Å². The highest BCUT2D eigenvalue weighted by Crippen LogP contribution is 2.43. The fourth-order valence-electron chi connectivity index (χ4n) is 3.80. The van der Waals surface area contributed by atoms with Crippen LogP contribution in [0.5, 0.6) is 0 Å². The Morgan fingerprint density at radius 3 is 2.91 bits per heavy atom. The summed E-state index contributed by atoms with van der Waals surface area (Å²) in [4.78, 5) is 12.2. The molecule has 23 heavy (non-hydrogen) atoms. The topological polar surface area (TPSA) is 47.6 Å². The monoisotopic (exact) mass is 321 g/mol. The van der Waals surface area contributed by atoms with E-state index in [9.17, 15) is 9.18 Å². The molecule has 0 radical (unpaired) electrons. The molecule has 0 spiro atoms. The highest BCUT2D eigenvalue weighted by Gasteiger charge is 2.54. The van der Waals surface area contributed by atoms with Crippen molar-refractivity contribution < 1.29 is 18.7 Å². The average Bonchev–Trinajstić information content (AvgIpc) is 2.97. The number of carbonyl (C=O) groups excluding carboxylic acids is 1. The number of hydrogen-bond donors (Lipinski definition) is 1. The summed E-state index contributed by atoms with van der Waals surface area (Å²) in [6.45, 7) is 1.41. The zero-order valence-electron chi connectivity index (χ0n) is 13.5. The quantitative estimate of drug-likeness (QED) is 0.838. The molecule has 1 N–H and O–H groups in total. The van der Waals surface area contributed by atoms with Crippen molar-refractivity contribution in [3.05, 3.63) is 35.6 Å². The molecule has 1 aromatic carbocycles. The SMILES string of the molecule is COC[C@H]1[C@H](NC(=O)CCCc2ccc(F)cc2)[C@H]2CCO[C@H]21. The van der Waals surface area contributed by atoms with E-state index in [2.05, 4.69) is 5.32 Å². The van der Waals surface area contributed by atoms with Gasteiger partial charge in [-0.2, -0.15) is 0 Å². The van der Waals surface area contributed by atoms with E-state index in [4.69, 9.17) is 9.47 Å². The third-order valence-electron chi connectivity index (χ3n) is 5.00. The zero-order chi connectivity index (χ0) is 16.2. The van der Waals surface area contributed by atoms with E-state index in [-0.39, 0.29) is 29.8 Å². The van der Waals surface area contributed by atoms with Gasteiger partial charge >= 0.3 is 0 Å². The minimum atomic E-state index is -0.228. The predicted molar refractivity (Wildman–Crippen MR) is 84.5 cm³/mol. The lowest BCUT2D eigenvalue weighted by molar-refractivity contribution is -0.129. The van der Waals surface area contributed by atoms with Crippen molar-refractivity contribution in [1.29, 1.82) is 0 Å². The highest BCUT2D eigenvalue weighted by molar-refractivity contribution is 5.76. The van der Waals surface area contributed by atoms with E-state index in [0.717, 1.165) is 31.4 Å². The number of hydrogen-bond acceptors (Lipinski definition) is 3. The lowest BCUT2D eigenvalue weighted by atomic mass is 9.67. The Hall–Kier alpha value is -1.46. The van der Waals surface area contributed by atoms with Crippen LogP contribution in [0.15, 0.2) is 24.3 Å². The van der Waals surface area contributed by atoms with Crippen LogP contribution in [0.1, 0.15) is 24.8 Å². The van der Waals surface area contributed by atoms with Crippen LogP contribution in [0.2, 0.25) is 0 Å². The van der Waals surface area contributed by atoms with Crippen LogP contribution < -0.4 is 5.32 Å². The zero-order valence-corrected chi connectivity index (χ0v) is 13.5. The van der Waals surface area contributed by atoms with Crippen LogP contribution in [-0.2, 0) is 20.7 Å². The minimum absolute atomic E-state index is 0.0866. The predicted octanol–water partition coefficient (Wildman–Crippen LogP) is 2.31. The molecule has 126 valence electrons. The molecule has 1 heterocycles. The highest BCUT2D eigenvalue weighted by atomic mass is 19.1. The summed E-state index contributed by atoms with van der Waals surface area (Å²) in [5.74, 6) is 0.572. The lowest BCUT2D eigenvalue weighted by Gasteiger charge is -2.47. The second kappa shape index (κ2) is 7.41. The Kier molecular flexibility index (Phi) is 5.28. The third kappa shape index (κ3) is 3.72. The van der Waals surface area contributed by atoms with E-state index in [0.29, 0.717) is 18.9 Å². The second-order valence-corrected chi connectivity index (χ2v) is 6.48. The Morgan fingerprint density at radius 1 is 1.39 bits per heavy atom. The normalized spacial score (nSPS) is 29.0. The largest absolute Gasteiger partial charge is 0.384 e. The van der Waals surface area contributed by atoms with Crippen LogP contribution in [0.25, 0.3) is 0 Å². The molecule has 3 rings (SSSR count). The van der Waals surface area contributed by atoms with Crippen molar-refractivity contribution in [2.75, 3.05) is 20.3 Å². The maximum atomic E-state index is 12.8. The molecule has 4 atom stereocenters. The van der Waals surface area contributed by atoms with Gasteiger partial charge in [-0.3, -0.25) is 4.79 Å². The first kappa shape index (κ1) is 16.4. The summed E-state index contributed by atoms with van der Waals surface area (Å²) in [6, 6.07) is 6.64. The molecule has 1 saturated heterocycles. The first-order valence-electron chi connectivity index (χ1n) is 8.33. The van der Waals surface area contributed by atoms with Crippen LogP contribution in [0.3, 0.4) is 0 Å². The van der Waals surface area contributed by atoms with Crippen LogP contribution in [0.4, 0.5) is 4.39 Å². The smallest absolute Gasteiger partial charge is 0.220 e. The van der Waals surface area contributed by atoms with E-state index >= 15 is 0 Å². The van der Waals surface area contributed by atoms with Gasteiger partial charge in [0.1, 0.15) is 5.82 Å². The molecule has 1 aliphatic heterocycles. The van der Waals surface area contributed by atoms with E-state index in [1.54, 1.807) is 19.2 Å². The van der Waals surface area contributed by atoms with Crippen LogP contribution in [-0.4, -0.2) is 38.4 Å². The van der Waals surface area contributed by atoms with E-state index in [1.807, 2.05) is 0 Å². The van der Waals surface area contributed by atoms with Gasteiger partial charge in [-0.15, -0.1) is 0 Å². The third-order valence-corrected chi connectivity index (χ3v) is 5.00. The molecule has 4 nitrogen and oxygen atoms in total. The number of halogens is 1. The minimum Gasteiger partial charge on any atom is -0.384 e. The maximum absolute atomic E-state index is 12.8. The summed E-state index contributed by atoms with van der Waals surface area (Å²) in [6.07, 6.45) is 3.31. The number of benzene rings is 1. The number of methoxy groups -OCH3 is 1. The van der Waals surface area contributed by atoms with Gasteiger partial charge in [0.05, 0.1) is 12.7 Å². The summed E-state index contributed by atoms with van der Waals surface area (Å²) < 4.78 is 23.8. The van der Waals surface area contributed by atoms with Gasteiger partial charge in [-0.05, 0) is 37.0 Å². The van der Waals surface area contributed by atoms with Crippen molar-refractivity contribution in [3.8, 4) is 0 Å². The molecule has 1 saturated carbocycles. The molecule has 1 amide bonds. The number of nitrogens with one attached hydrogen (secondary N) is 1. The van der Waals surface area contributed by atoms with Crippen molar-refractivity contribution >= 4 is 5.91 Å². The maximum Gasteiger partial charge on any atom is 0.220 e. The van der Waals surface area contributed by atoms with Crippen LogP contribution >= 0.6 is 0 Å². The van der Waals surface area contributed by atoms with Gasteiger partial charge in [0.15, 0.2) is 0 Å². The number of fused-ring (bicyclic) bond motifs is 1. The summed E-state index contributed by atoms with van der Waals surface area (Å²) >= 11 is 0. The molecule has 0 bridgehead atoms. The fourth-order valence-corrected chi connectivity index (χ4v) is 3.80. The molecule has 5 heteroatoms. The van der Waals surface area contributed by atoms with Gasteiger partial charge in [0, 0.05) is 38.0 Å². The molecular weight excluding hydrogens is 297 g/mol. The van der Waals surface area contributed by atoms with Gasteiger partial charge in [-0.1, -0.05) is 12.1 Å². The van der Waals surface area contributed by atoms with Crippen LogP contribution in [0, 0.1) is 17.7 Å². The number of carbonyl (C=O) groups is 1. The number of ether oxygens (including phenoxy) is 2. The molecule has 0 aromatic heterocycles. The Balaban J connectivity index is 1.43.